The van der Waals surface area contributed by atoms with E-state index in [-0.39, 0.29) is 12.1 Å². The van der Waals surface area contributed by atoms with Gasteiger partial charge in [0.05, 0.1) is 13.7 Å². The van der Waals surface area contributed by atoms with E-state index in [1.165, 1.54) is 24.0 Å². The maximum Gasteiger partial charge on any atom is 0.123 e. The molecule has 0 bridgehead atoms. The predicted molar refractivity (Wildman–Crippen MR) is 82.0 cm³/mol. The molecule has 112 valence electrons. The van der Waals surface area contributed by atoms with Gasteiger partial charge in [-0.2, -0.15) is 0 Å². The molecule has 1 aromatic rings. The number of ether oxygens (including phenoxy) is 1. The highest BCUT2D eigenvalue weighted by Crippen LogP contribution is 2.32. The molecule has 1 saturated carbocycles. The van der Waals surface area contributed by atoms with Crippen LogP contribution in [0.2, 0.25) is 0 Å². The molecule has 0 aromatic heterocycles. The Kier molecular flexibility index (Phi) is 5.06. The van der Waals surface area contributed by atoms with E-state index in [4.69, 9.17) is 4.74 Å². The van der Waals surface area contributed by atoms with Crippen molar-refractivity contribution in [3.05, 3.63) is 29.3 Å². The summed E-state index contributed by atoms with van der Waals surface area (Å²) in [5.74, 6) is 1.70. The first-order chi connectivity index (χ1) is 9.58. The highest BCUT2D eigenvalue weighted by Gasteiger charge is 2.33. The second-order valence-corrected chi connectivity index (χ2v) is 6.29. The van der Waals surface area contributed by atoms with E-state index in [0.29, 0.717) is 0 Å². The van der Waals surface area contributed by atoms with Gasteiger partial charge in [0, 0.05) is 17.6 Å². The molecule has 0 radical (unpaired) electrons. The van der Waals surface area contributed by atoms with Crippen molar-refractivity contribution in [3.63, 3.8) is 0 Å². The van der Waals surface area contributed by atoms with Crippen molar-refractivity contribution in [1.29, 1.82) is 0 Å². The molecule has 1 aliphatic carbocycles. The zero-order valence-electron chi connectivity index (χ0n) is 12.9. The van der Waals surface area contributed by atoms with Crippen LogP contribution >= 0.6 is 0 Å². The van der Waals surface area contributed by atoms with Crippen molar-refractivity contribution < 1.29 is 9.84 Å². The average molecular weight is 277 g/mol. The number of rotatable bonds is 5. The summed E-state index contributed by atoms with van der Waals surface area (Å²) >= 11 is 0. The Bertz CT molecular complexity index is 437. The molecular weight excluding hydrogens is 250 g/mol. The largest absolute Gasteiger partial charge is 0.496 e. The van der Waals surface area contributed by atoms with Crippen LogP contribution in [0, 0.1) is 12.8 Å². The minimum atomic E-state index is -0.110. The molecule has 1 fully saturated rings. The van der Waals surface area contributed by atoms with Crippen molar-refractivity contribution in [2.45, 2.75) is 51.6 Å². The number of hydrogen-bond acceptors (Lipinski definition) is 3. The summed E-state index contributed by atoms with van der Waals surface area (Å²) in [4.78, 5) is 0. The minimum Gasteiger partial charge on any atom is -0.496 e. The lowest BCUT2D eigenvalue weighted by Crippen LogP contribution is -2.50. The molecule has 0 unspecified atom stereocenters. The molecule has 3 heteroatoms. The van der Waals surface area contributed by atoms with Crippen LogP contribution in [-0.4, -0.2) is 24.4 Å². The molecule has 1 aliphatic rings. The first kappa shape index (κ1) is 15.3. The first-order valence-electron chi connectivity index (χ1n) is 7.58. The SMILES string of the molecule is COc1ccc(C)cc1CNC1(CO)CCC(C)CC1. The second kappa shape index (κ2) is 6.59. The van der Waals surface area contributed by atoms with E-state index < -0.39 is 0 Å². The monoisotopic (exact) mass is 277 g/mol. The van der Waals surface area contributed by atoms with Gasteiger partial charge in [0.1, 0.15) is 5.75 Å². The maximum absolute atomic E-state index is 9.79. The Morgan fingerprint density at radius 1 is 1.35 bits per heavy atom. The minimum absolute atomic E-state index is 0.110. The number of aliphatic hydroxyl groups is 1. The van der Waals surface area contributed by atoms with E-state index in [1.54, 1.807) is 7.11 Å². The highest BCUT2D eigenvalue weighted by molar-refractivity contribution is 5.36. The molecule has 2 rings (SSSR count). The summed E-state index contributed by atoms with van der Waals surface area (Å²) in [5.41, 5.74) is 2.29. The van der Waals surface area contributed by atoms with Gasteiger partial charge in [-0.05, 0) is 44.6 Å². The number of nitrogens with one attached hydrogen (secondary N) is 1. The van der Waals surface area contributed by atoms with Gasteiger partial charge >= 0.3 is 0 Å². The molecule has 20 heavy (non-hydrogen) atoms. The quantitative estimate of drug-likeness (QED) is 0.869. The second-order valence-electron chi connectivity index (χ2n) is 6.29. The van der Waals surface area contributed by atoms with Crippen LogP contribution in [0.3, 0.4) is 0 Å². The zero-order chi connectivity index (χ0) is 14.6. The molecule has 0 atom stereocenters. The van der Waals surface area contributed by atoms with Gasteiger partial charge in [0.15, 0.2) is 0 Å². The Labute approximate surface area is 122 Å². The van der Waals surface area contributed by atoms with Crippen LogP contribution in [0.25, 0.3) is 0 Å². The molecule has 1 aromatic carbocycles. The third-order valence-electron chi connectivity index (χ3n) is 4.62. The fourth-order valence-corrected chi connectivity index (χ4v) is 3.03. The molecule has 0 amide bonds. The van der Waals surface area contributed by atoms with Gasteiger partial charge in [0.25, 0.3) is 0 Å². The van der Waals surface area contributed by atoms with E-state index in [0.717, 1.165) is 31.1 Å². The van der Waals surface area contributed by atoms with E-state index >= 15 is 0 Å². The number of aryl methyl sites for hydroxylation is 1. The van der Waals surface area contributed by atoms with Gasteiger partial charge in [0.2, 0.25) is 0 Å². The summed E-state index contributed by atoms with van der Waals surface area (Å²) in [6.07, 6.45) is 4.49. The lowest BCUT2D eigenvalue weighted by molar-refractivity contribution is 0.104. The fraction of sp³-hybridized carbons (Fsp3) is 0.647. The summed E-state index contributed by atoms with van der Waals surface area (Å²) in [7, 11) is 1.71. The Balaban J connectivity index is 2.05. The van der Waals surface area contributed by atoms with Crippen LogP contribution < -0.4 is 10.1 Å². The van der Waals surface area contributed by atoms with Crippen molar-refractivity contribution in [2.24, 2.45) is 5.92 Å². The van der Waals surface area contributed by atoms with Crippen molar-refractivity contribution in [3.8, 4) is 5.75 Å². The highest BCUT2D eigenvalue weighted by atomic mass is 16.5. The first-order valence-corrected chi connectivity index (χ1v) is 7.58. The van der Waals surface area contributed by atoms with Gasteiger partial charge in [-0.1, -0.05) is 24.6 Å². The predicted octanol–water partition coefficient (Wildman–Crippen LogP) is 3.03. The summed E-state index contributed by atoms with van der Waals surface area (Å²) in [5, 5.41) is 13.4. The molecule has 0 saturated heterocycles. The van der Waals surface area contributed by atoms with Gasteiger partial charge in [-0.15, -0.1) is 0 Å². The smallest absolute Gasteiger partial charge is 0.123 e. The third-order valence-corrected chi connectivity index (χ3v) is 4.62. The number of benzene rings is 1. The fourth-order valence-electron chi connectivity index (χ4n) is 3.03. The van der Waals surface area contributed by atoms with E-state index in [9.17, 15) is 5.11 Å². The number of hydrogen-bond donors (Lipinski definition) is 2. The van der Waals surface area contributed by atoms with Gasteiger partial charge in [-0.25, -0.2) is 0 Å². The molecule has 2 N–H and O–H groups in total. The van der Waals surface area contributed by atoms with Crippen LogP contribution in [0.5, 0.6) is 5.75 Å². The molecule has 0 spiro atoms. The van der Waals surface area contributed by atoms with Crippen molar-refractivity contribution in [2.75, 3.05) is 13.7 Å². The normalized spacial score (nSPS) is 26.5. The average Bonchev–Trinajstić information content (AvgIpc) is 2.47. The third kappa shape index (κ3) is 3.53. The maximum atomic E-state index is 9.79. The van der Waals surface area contributed by atoms with E-state index in [1.807, 2.05) is 6.07 Å². The molecule has 0 heterocycles. The van der Waals surface area contributed by atoms with Crippen molar-refractivity contribution in [1.82, 2.24) is 5.32 Å². The van der Waals surface area contributed by atoms with Gasteiger partial charge < -0.3 is 15.2 Å². The Hall–Kier alpha value is -1.06. The standard InChI is InChI=1S/C17H27NO2/c1-13-6-8-17(12-19,9-7-13)18-11-15-10-14(2)4-5-16(15)20-3/h4-5,10,13,18-19H,6-9,11-12H2,1-3H3. The Morgan fingerprint density at radius 2 is 2.05 bits per heavy atom. The lowest BCUT2D eigenvalue weighted by atomic mass is 9.77. The van der Waals surface area contributed by atoms with Gasteiger partial charge in [-0.3, -0.25) is 0 Å². The molecule has 0 aliphatic heterocycles. The Morgan fingerprint density at radius 3 is 2.65 bits per heavy atom. The summed E-state index contributed by atoms with van der Waals surface area (Å²) < 4.78 is 5.42. The number of methoxy groups -OCH3 is 1. The molecule has 3 nitrogen and oxygen atoms in total. The summed E-state index contributed by atoms with van der Waals surface area (Å²) in [6.45, 7) is 5.35. The van der Waals surface area contributed by atoms with Crippen LogP contribution in [0.4, 0.5) is 0 Å². The zero-order valence-corrected chi connectivity index (χ0v) is 12.9. The van der Waals surface area contributed by atoms with Crippen LogP contribution in [0.1, 0.15) is 43.7 Å². The van der Waals surface area contributed by atoms with E-state index in [2.05, 4.69) is 31.3 Å². The lowest BCUT2D eigenvalue weighted by Gasteiger charge is -2.39. The number of aliphatic hydroxyl groups excluding tert-OH is 1. The molecular formula is C17H27NO2. The van der Waals surface area contributed by atoms with Crippen molar-refractivity contribution >= 4 is 0 Å². The summed E-state index contributed by atoms with van der Waals surface area (Å²) in [6, 6.07) is 6.23. The van der Waals surface area contributed by atoms with Crippen LogP contribution in [-0.2, 0) is 6.54 Å². The topological polar surface area (TPSA) is 41.5 Å². The van der Waals surface area contributed by atoms with Crippen LogP contribution in [0.15, 0.2) is 18.2 Å².